The van der Waals surface area contributed by atoms with Crippen molar-refractivity contribution in [3.05, 3.63) is 34.2 Å². The number of fused-ring (bicyclic) bond motifs is 1. The maximum absolute atomic E-state index is 11.5. The normalized spacial score (nSPS) is 10.6. The third-order valence-corrected chi connectivity index (χ3v) is 2.43. The molecule has 5 heteroatoms. The Bertz CT molecular complexity index is 580. The van der Waals surface area contributed by atoms with E-state index in [1.54, 1.807) is 25.1 Å². The number of aromatic nitrogens is 2. The van der Waals surface area contributed by atoms with Gasteiger partial charge in [-0.3, -0.25) is 4.79 Å². The number of aromatic amines is 2. The van der Waals surface area contributed by atoms with E-state index in [-0.39, 0.29) is 11.6 Å². The first-order valence-corrected chi connectivity index (χ1v) is 4.97. The van der Waals surface area contributed by atoms with Gasteiger partial charge in [-0.2, -0.15) is 0 Å². The minimum absolute atomic E-state index is 0.0391. The molecule has 0 fully saturated rings. The number of carbonyl (C=O) groups is 1. The van der Waals surface area contributed by atoms with Crippen molar-refractivity contribution < 1.29 is 4.79 Å². The minimum atomic E-state index is -0.230. The summed E-state index contributed by atoms with van der Waals surface area (Å²) in [6.07, 6.45) is 0.343. The molecular weight excluding hydrogens is 206 g/mol. The van der Waals surface area contributed by atoms with Crippen LogP contribution in [0.25, 0.3) is 11.0 Å². The van der Waals surface area contributed by atoms with E-state index in [0.29, 0.717) is 6.42 Å². The van der Waals surface area contributed by atoms with Gasteiger partial charge in [0, 0.05) is 14.1 Å². The smallest absolute Gasteiger partial charge is 0.323 e. The van der Waals surface area contributed by atoms with Crippen molar-refractivity contribution in [2.24, 2.45) is 0 Å². The Balaban J connectivity index is 2.32. The van der Waals surface area contributed by atoms with Crippen LogP contribution in [0.2, 0.25) is 0 Å². The second-order valence-electron chi connectivity index (χ2n) is 3.92. The number of H-pyrrole nitrogens is 2. The van der Waals surface area contributed by atoms with E-state index in [1.165, 1.54) is 0 Å². The van der Waals surface area contributed by atoms with Gasteiger partial charge in [-0.05, 0) is 17.7 Å². The number of hydrogen-bond donors (Lipinski definition) is 2. The summed E-state index contributed by atoms with van der Waals surface area (Å²) in [7, 11) is 3.44. The average Bonchev–Trinajstić information content (AvgIpc) is 2.57. The molecule has 1 amide bonds. The van der Waals surface area contributed by atoms with Gasteiger partial charge >= 0.3 is 5.69 Å². The molecule has 2 aromatic rings. The number of amides is 1. The number of rotatable bonds is 2. The molecule has 0 saturated carbocycles. The third-order valence-electron chi connectivity index (χ3n) is 2.43. The van der Waals surface area contributed by atoms with Crippen LogP contribution in [0, 0.1) is 0 Å². The van der Waals surface area contributed by atoms with Crippen LogP contribution in [-0.4, -0.2) is 34.9 Å². The van der Waals surface area contributed by atoms with Crippen LogP contribution < -0.4 is 5.69 Å². The lowest BCUT2D eigenvalue weighted by molar-refractivity contribution is -0.127. The fourth-order valence-corrected chi connectivity index (χ4v) is 1.52. The highest BCUT2D eigenvalue weighted by atomic mass is 16.2. The van der Waals surface area contributed by atoms with Crippen molar-refractivity contribution >= 4 is 16.9 Å². The van der Waals surface area contributed by atoms with Crippen molar-refractivity contribution in [1.82, 2.24) is 14.9 Å². The lowest BCUT2D eigenvalue weighted by Gasteiger charge is -2.09. The summed E-state index contributed by atoms with van der Waals surface area (Å²) in [5, 5.41) is 0. The molecule has 5 nitrogen and oxygen atoms in total. The summed E-state index contributed by atoms with van der Waals surface area (Å²) >= 11 is 0. The van der Waals surface area contributed by atoms with E-state index >= 15 is 0 Å². The van der Waals surface area contributed by atoms with Gasteiger partial charge in [0.25, 0.3) is 0 Å². The summed E-state index contributed by atoms with van der Waals surface area (Å²) in [5.74, 6) is 0.0391. The number of nitrogens with zero attached hydrogens (tertiary/aromatic N) is 1. The fourth-order valence-electron chi connectivity index (χ4n) is 1.52. The highest BCUT2D eigenvalue weighted by molar-refractivity contribution is 5.81. The lowest BCUT2D eigenvalue weighted by Crippen LogP contribution is -2.23. The minimum Gasteiger partial charge on any atom is -0.349 e. The van der Waals surface area contributed by atoms with Gasteiger partial charge in [0.2, 0.25) is 5.91 Å². The highest BCUT2D eigenvalue weighted by Crippen LogP contribution is 2.11. The van der Waals surface area contributed by atoms with E-state index in [2.05, 4.69) is 9.97 Å². The molecule has 0 aliphatic rings. The molecule has 16 heavy (non-hydrogen) atoms. The van der Waals surface area contributed by atoms with Crippen LogP contribution >= 0.6 is 0 Å². The molecular formula is C11H13N3O2. The molecule has 0 bridgehead atoms. The van der Waals surface area contributed by atoms with E-state index in [4.69, 9.17) is 0 Å². The molecule has 0 spiro atoms. The Hall–Kier alpha value is -2.04. The van der Waals surface area contributed by atoms with E-state index < -0.39 is 0 Å². The van der Waals surface area contributed by atoms with E-state index in [9.17, 15) is 9.59 Å². The maximum atomic E-state index is 11.5. The number of imidazole rings is 1. The Morgan fingerprint density at radius 1 is 1.25 bits per heavy atom. The van der Waals surface area contributed by atoms with Crippen molar-refractivity contribution in [1.29, 1.82) is 0 Å². The molecule has 84 valence electrons. The Kier molecular flexibility index (Phi) is 2.52. The van der Waals surface area contributed by atoms with Gasteiger partial charge in [0.05, 0.1) is 17.5 Å². The van der Waals surface area contributed by atoms with E-state index in [0.717, 1.165) is 16.6 Å². The lowest BCUT2D eigenvalue weighted by atomic mass is 10.1. The quantitative estimate of drug-likeness (QED) is 0.771. The zero-order valence-electron chi connectivity index (χ0n) is 9.20. The predicted octanol–water partition coefficient (Wildman–Crippen LogP) is 0.487. The third kappa shape index (κ3) is 1.98. The Labute approximate surface area is 92.1 Å². The molecule has 1 aromatic heterocycles. The highest BCUT2D eigenvalue weighted by Gasteiger charge is 2.06. The van der Waals surface area contributed by atoms with Crippen LogP contribution in [0.3, 0.4) is 0 Å². The van der Waals surface area contributed by atoms with Gasteiger partial charge in [-0.25, -0.2) is 4.79 Å². The van der Waals surface area contributed by atoms with Crippen molar-refractivity contribution in [2.75, 3.05) is 14.1 Å². The van der Waals surface area contributed by atoms with Crippen LogP contribution in [0.5, 0.6) is 0 Å². The summed E-state index contributed by atoms with van der Waals surface area (Å²) in [4.78, 5) is 29.4. The van der Waals surface area contributed by atoms with E-state index in [1.807, 2.05) is 12.1 Å². The molecule has 0 radical (unpaired) electrons. The molecule has 0 saturated heterocycles. The van der Waals surface area contributed by atoms with Crippen LogP contribution in [-0.2, 0) is 11.2 Å². The maximum Gasteiger partial charge on any atom is 0.323 e. The number of likely N-dealkylation sites (N-methyl/N-ethyl adjacent to an activating group) is 1. The standard InChI is InChI=1S/C11H13N3O2/c1-14(2)10(15)6-7-3-4-8-9(5-7)13-11(16)12-8/h3-5H,6H2,1-2H3,(H2,12,13,16). The monoisotopic (exact) mass is 219 g/mol. The van der Waals surface area contributed by atoms with Crippen LogP contribution in [0.4, 0.5) is 0 Å². The zero-order valence-corrected chi connectivity index (χ0v) is 9.20. The zero-order chi connectivity index (χ0) is 11.7. The van der Waals surface area contributed by atoms with Gasteiger partial charge in [-0.1, -0.05) is 6.07 Å². The van der Waals surface area contributed by atoms with Gasteiger partial charge < -0.3 is 14.9 Å². The molecule has 0 aliphatic heterocycles. The molecule has 0 unspecified atom stereocenters. The number of hydrogen-bond acceptors (Lipinski definition) is 2. The molecule has 2 N–H and O–H groups in total. The number of nitrogens with one attached hydrogen (secondary N) is 2. The first-order chi connectivity index (χ1) is 7.56. The Morgan fingerprint density at radius 3 is 2.62 bits per heavy atom. The summed E-state index contributed by atoms with van der Waals surface area (Å²) in [6, 6.07) is 5.45. The SMILES string of the molecule is CN(C)C(=O)Cc1ccc2[nH]c(=O)[nH]c2c1. The second kappa shape index (κ2) is 3.84. The van der Waals surface area contributed by atoms with Crippen molar-refractivity contribution in [3.8, 4) is 0 Å². The first kappa shape index (κ1) is 10.5. The second-order valence-corrected chi connectivity index (χ2v) is 3.92. The fraction of sp³-hybridized carbons (Fsp3) is 0.273. The topological polar surface area (TPSA) is 69.0 Å². The number of benzene rings is 1. The van der Waals surface area contributed by atoms with Crippen molar-refractivity contribution in [2.45, 2.75) is 6.42 Å². The van der Waals surface area contributed by atoms with Gasteiger partial charge in [-0.15, -0.1) is 0 Å². The predicted molar refractivity (Wildman–Crippen MR) is 61.3 cm³/mol. The van der Waals surface area contributed by atoms with Crippen LogP contribution in [0.15, 0.2) is 23.0 Å². The average molecular weight is 219 g/mol. The summed E-state index contributed by atoms with van der Waals surface area (Å²) < 4.78 is 0. The number of carbonyl (C=O) groups excluding carboxylic acids is 1. The van der Waals surface area contributed by atoms with Crippen molar-refractivity contribution in [3.63, 3.8) is 0 Å². The largest absolute Gasteiger partial charge is 0.349 e. The van der Waals surface area contributed by atoms with Gasteiger partial charge in [0.1, 0.15) is 0 Å². The first-order valence-electron chi connectivity index (χ1n) is 4.97. The van der Waals surface area contributed by atoms with Gasteiger partial charge in [0.15, 0.2) is 0 Å². The molecule has 1 heterocycles. The summed E-state index contributed by atoms with van der Waals surface area (Å²) in [5.41, 5.74) is 2.15. The molecule has 0 aliphatic carbocycles. The molecule has 1 aromatic carbocycles. The van der Waals surface area contributed by atoms with Crippen LogP contribution in [0.1, 0.15) is 5.56 Å². The molecule has 0 atom stereocenters. The molecule has 2 rings (SSSR count). The summed E-state index contributed by atoms with van der Waals surface area (Å²) in [6.45, 7) is 0. The Morgan fingerprint density at radius 2 is 1.94 bits per heavy atom.